The van der Waals surface area contributed by atoms with Crippen molar-refractivity contribution in [3.63, 3.8) is 0 Å². The first-order valence-corrected chi connectivity index (χ1v) is 9.05. The zero-order valence-electron chi connectivity index (χ0n) is 12.4. The summed E-state index contributed by atoms with van der Waals surface area (Å²) in [7, 11) is 0. The third-order valence-corrected chi connectivity index (χ3v) is 5.13. The number of aromatic nitrogens is 3. The van der Waals surface area contributed by atoms with Crippen LogP contribution in [0.1, 0.15) is 6.92 Å². The molecule has 0 saturated heterocycles. The number of thiophene rings is 1. The highest BCUT2D eigenvalue weighted by Crippen LogP contribution is 2.26. The molecule has 0 saturated carbocycles. The van der Waals surface area contributed by atoms with Crippen molar-refractivity contribution in [3.05, 3.63) is 46.6 Å². The second-order valence-electron chi connectivity index (χ2n) is 4.82. The lowest BCUT2D eigenvalue weighted by molar-refractivity contribution is -0.115. The summed E-state index contributed by atoms with van der Waals surface area (Å²) in [6.07, 6.45) is 0. The Morgan fingerprint density at radius 1 is 1.46 bits per heavy atom. The molecule has 24 heavy (non-hydrogen) atoms. The summed E-state index contributed by atoms with van der Waals surface area (Å²) in [5.41, 5.74) is 0.0890. The molecular formula is C15H12ClFN4OS2. The van der Waals surface area contributed by atoms with Crippen LogP contribution in [-0.4, -0.2) is 26.3 Å². The standard InChI is InChI=1S/C15H12ClFN4OS2/c1-8(14(22)18-11-5-4-9(16)7-10(11)17)24-15-19-13(20-21-15)12-3-2-6-23-12/h2-8H,1H3,(H,18,22)(H,19,20,21)/t8-/m1/s1. The molecule has 1 aromatic carbocycles. The van der Waals surface area contributed by atoms with Gasteiger partial charge in [-0.15, -0.1) is 16.4 Å². The van der Waals surface area contributed by atoms with Crippen LogP contribution in [0.3, 0.4) is 0 Å². The number of nitrogens with zero attached hydrogens (tertiary/aromatic N) is 2. The molecule has 0 aliphatic heterocycles. The van der Waals surface area contributed by atoms with Gasteiger partial charge in [-0.2, -0.15) is 0 Å². The first kappa shape index (κ1) is 16.9. The summed E-state index contributed by atoms with van der Waals surface area (Å²) >= 11 is 8.42. The highest BCUT2D eigenvalue weighted by atomic mass is 35.5. The summed E-state index contributed by atoms with van der Waals surface area (Å²) in [5, 5.41) is 11.6. The Balaban J connectivity index is 1.64. The summed E-state index contributed by atoms with van der Waals surface area (Å²) < 4.78 is 13.7. The van der Waals surface area contributed by atoms with Gasteiger partial charge in [0.15, 0.2) is 5.82 Å². The fourth-order valence-electron chi connectivity index (χ4n) is 1.86. The summed E-state index contributed by atoms with van der Waals surface area (Å²) in [5.74, 6) is -0.265. The first-order valence-electron chi connectivity index (χ1n) is 6.92. The molecule has 124 valence electrons. The molecule has 0 aliphatic rings. The maximum Gasteiger partial charge on any atom is 0.237 e. The topological polar surface area (TPSA) is 70.7 Å². The van der Waals surface area contributed by atoms with Crippen LogP contribution in [0.25, 0.3) is 10.7 Å². The van der Waals surface area contributed by atoms with Crippen LogP contribution in [0.4, 0.5) is 10.1 Å². The Labute approximate surface area is 150 Å². The third-order valence-electron chi connectivity index (χ3n) is 3.06. The molecule has 1 amide bonds. The lowest BCUT2D eigenvalue weighted by atomic mass is 10.3. The molecule has 3 aromatic rings. The fourth-order valence-corrected chi connectivity index (χ4v) is 3.41. The van der Waals surface area contributed by atoms with E-state index in [0.29, 0.717) is 11.0 Å². The van der Waals surface area contributed by atoms with Crippen LogP contribution in [0, 0.1) is 5.82 Å². The van der Waals surface area contributed by atoms with Gasteiger partial charge < -0.3 is 5.32 Å². The smallest absolute Gasteiger partial charge is 0.237 e. The molecule has 0 spiro atoms. The molecule has 2 aromatic heterocycles. The van der Waals surface area contributed by atoms with Crippen LogP contribution in [-0.2, 0) is 4.79 Å². The molecule has 9 heteroatoms. The second-order valence-corrected chi connectivity index (χ2v) is 7.51. The normalized spacial score (nSPS) is 12.1. The first-order chi connectivity index (χ1) is 11.5. The monoisotopic (exact) mass is 382 g/mol. The molecule has 1 atom stereocenters. The van der Waals surface area contributed by atoms with Crippen LogP contribution in [0.2, 0.25) is 5.02 Å². The predicted molar refractivity (Wildman–Crippen MR) is 95.1 cm³/mol. The number of hydrogen-bond donors (Lipinski definition) is 2. The van der Waals surface area contributed by atoms with E-state index in [0.717, 1.165) is 10.9 Å². The molecular weight excluding hydrogens is 371 g/mol. The lowest BCUT2D eigenvalue weighted by Crippen LogP contribution is -2.23. The molecule has 2 heterocycles. The summed E-state index contributed by atoms with van der Waals surface area (Å²) in [6.45, 7) is 1.70. The van der Waals surface area contributed by atoms with E-state index in [2.05, 4.69) is 20.5 Å². The van der Waals surface area contributed by atoms with Gasteiger partial charge in [0.1, 0.15) is 5.82 Å². The Kier molecular flexibility index (Phi) is 5.17. The van der Waals surface area contributed by atoms with E-state index in [1.54, 1.807) is 18.3 Å². The van der Waals surface area contributed by atoms with Gasteiger partial charge in [0, 0.05) is 5.02 Å². The number of amides is 1. The van der Waals surface area contributed by atoms with Crippen molar-refractivity contribution < 1.29 is 9.18 Å². The van der Waals surface area contributed by atoms with Gasteiger partial charge >= 0.3 is 0 Å². The Bertz CT molecular complexity index is 853. The van der Waals surface area contributed by atoms with Crippen molar-refractivity contribution in [2.24, 2.45) is 0 Å². The van der Waals surface area contributed by atoms with Gasteiger partial charge in [-0.25, -0.2) is 9.37 Å². The van der Waals surface area contributed by atoms with Crippen molar-refractivity contribution in [2.75, 3.05) is 5.32 Å². The van der Waals surface area contributed by atoms with Gasteiger partial charge in [0.05, 0.1) is 15.8 Å². The summed E-state index contributed by atoms with van der Waals surface area (Å²) in [4.78, 5) is 17.5. The quantitative estimate of drug-likeness (QED) is 0.640. The van der Waals surface area contributed by atoms with E-state index in [-0.39, 0.29) is 16.6 Å². The van der Waals surface area contributed by atoms with E-state index < -0.39 is 11.1 Å². The maximum atomic E-state index is 13.7. The van der Waals surface area contributed by atoms with E-state index in [9.17, 15) is 9.18 Å². The zero-order valence-corrected chi connectivity index (χ0v) is 14.8. The molecule has 0 radical (unpaired) electrons. The van der Waals surface area contributed by atoms with Gasteiger partial charge in [-0.05, 0) is 36.6 Å². The molecule has 0 fully saturated rings. The highest BCUT2D eigenvalue weighted by Gasteiger charge is 2.19. The number of halogens is 2. The van der Waals surface area contributed by atoms with E-state index in [4.69, 9.17) is 11.6 Å². The van der Waals surface area contributed by atoms with Crippen LogP contribution in [0.5, 0.6) is 0 Å². The van der Waals surface area contributed by atoms with Crippen LogP contribution < -0.4 is 5.32 Å². The minimum Gasteiger partial charge on any atom is -0.323 e. The fraction of sp³-hybridized carbons (Fsp3) is 0.133. The number of carbonyl (C=O) groups is 1. The van der Waals surface area contributed by atoms with Crippen molar-refractivity contribution in [1.29, 1.82) is 0 Å². The number of H-pyrrole nitrogens is 1. The second kappa shape index (κ2) is 7.33. The van der Waals surface area contributed by atoms with Crippen LogP contribution >= 0.6 is 34.7 Å². The average molecular weight is 383 g/mol. The number of nitrogens with one attached hydrogen (secondary N) is 2. The van der Waals surface area contributed by atoms with Crippen molar-refractivity contribution in [3.8, 4) is 10.7 Å². The maximum absolute atomic E-state index is 13.7. The van der Waals surface area contributed by atoms with E-state index in [1.807, 2.05) is 17.5 Å². The van der Waals surface area contributed by atoms with Crippen molar-refractivity contribution >= 4 is 46.3 Å². The number of rotatable bonds is 5. The van der Waals surface area contributed by atoms with E-state index in [1.165, 1.54) is 23.9 Å². The highest BCUT2D eigenvalue weighted by molar-refractivity contribution is 8.00. The number of anilines is 1. The van der Waals surface area contributed by atoms with Gasteiger partial charge in [-0.1, -0.05) is 29.4 Å². The Hall–Kier alpha value is -1.90. The van der Waals surface area contributed by atoms with E-state index >= 15 is 0 Å². The lowest BCUT2D eigenvalue weighted by Gasteiger charge is -2.10. The third kappa shape index (κ3) is 3.95. The average Bonchev–Trinajstić information content (AvgIpc) is 3.20. The van der Waals surface area contributed by atoms with Gasteiger partial charge in [0.25, 0.3) is 0 Å². The van der Waals surface area contributed by atoms with Crippen molar-refractivity contribution in [2.45, 2.75) is 17.3 Å². The zero-order chi connectivity index (χ0) is 17.1. The predicted octanol–water partition coefficient (Wildman–Crippen LogP) is 4.45. The minimum atomic E-state index is -0.578. The number of carbonyl (C=O) groups excluding carboxylic acids is 1. The number of thioether (sulfide) groups is 1. The van der Waals surface area contributed by atoms with Crippen LogP contribution in [0.15, 0.2) is 40.9 Å². The number of hydrogen-bond acceptors (Lipinski definition) is 5. The SMILES string of the molecule is C[C@@H](Sc1n[nH]c(-c2cccs2)n1)C(=O)Nc1ccc(Cl)cc1F. The molecule has 0 bridgehead atoms. The summed E-state index contributed by atoms with van der Waals surface area (Å²) in [6, 6.07) is 7.94. The molecule has 2 N–H and O–H groups in total. The van der Waals surface area contributed by atoms with Gasteiger partial charge in [-0.3, -0.25) is 9.89 Å². The molecule has 0 unspecified atom stereocenters. The molecule has 5 nitrogen and oxygen atoms in total. The molecule has 0 aliphatic carbocycles. The van der Waals surface area contributed by atoms with Crippen molar-refractivity contribution in [1.82, 2.24) is 15.2 Å². The minimum absolute atomic E-state index is 0.0890. The Morgan fingerprint density at radius 3 is 3.00 bits per heavy atom. The largest absolute Gasteiger partial charge is 0.323 e. The number of benzene rings is 1. The van der Waals surface area contributed by atoms with Gasteiger partial charge in [0.2, 0.25) is 11.1 Å². The number of aromatic amines is 1. The molecule has 3 rings (SSSR count). The Morgan fingerprint density at radius 2 is 2.29 bits per heavy atom.